The quantitative estimate of drug-likeness (QED) is 0.157. The third-order valence-electron chi connectivity index (χ3n) is 12.2. The first-order valence-corrected chi connectivity index (χ1v) is 21.1. The lowest BCUT2D eigenvalue weighted by Gasteiger charge is -2.27. The maximum absolute atomic E-state index is 6.46. The first-order valence-electron chi connectivity index (χ1n) is 20.3. The maximum Gasteiger partial charge on any atom is 0.143 e. The molecule has 3 aromatic heterocycles. The van der Waals surface area contributed by atoms with E-state index < -0.39 is 0 Å². The first-order chi connectivity index (χ1) is 28.8. The van der Waals surface area contributed by atoms with Crippen molar-refractivity contribution in [2.45, 2.75) is 25.3 Å². The number of hydrogen-bond acceptors (Lipinski definition) is 3. The molecule has 4 heteroatoms. The molecule has 0 spiro atoms. The third kappa shape index (κ3) is 5.25. The highest BCUT2D eigenvalue weighted by Gasteiger charge is 2.24. The Morgan fingerprint density at radius 2 is 1.21 bits per heavy atom. The van der Waals surface area contributed by atoms with Gasteiger partial charge in [-0.25, -0.2) is 0 Å². The minimum atomic E-state index is 0.394. The number of anilines is 3. The van der Waals surface area contributed by atoms with E-state index in [0.29, 0.717) is 6.04 Å². The van der Waals surface area contributed by atoms with Gasteiger partial charge in [0.2, 0.25) is 0 Å². The number of nitrogens with zero attached hydrogens (tertiary/aromatic N) is 2. The van der Waals surface area contributed by atoms with E-state index >= 15 is 0 Å². The van der Waals surface area contributed by atoms with E-state index in [2.05, 4.69) is 191 Å². The number of aromatic nitrogens is 1. The molecular weight excluding hydrogens is 725 g/mol. The lowest BCUT2D eigenvalue weighted by Crippen LogP contribution is -2.12. The predicted octanol–water partition coefficient (Wildman–Crippen LogP) is 16.1. The van der Waals surface area contributed by atoms with Crippen molar-refractivity contribution in [3.63, 3.8) is 0 Å². The molecule has 1 aliphatic carbocycles. The molecule has 0 radical (unpaired) electrons. The Balaban J connectivity index is 1.05. The maximum atomic E-state index is 6.46. The number of allylic oxidation sites excluding steroid dienone is 2. The zero-order chi connectivity index (χ0) is 38.2. The van der Waals surface area contributed by atoms with Crippen molar-refractivity contribution in [3.05, 3.63) is 188 Å². The zero-order valence-corrected chi connectivity index (χ0v) is 32.6. The molecule has 0 saturated heterocycles. The summed E-state index contributed by atoms with van der Waals surface area (Å²) in [6.07, 6.45) is 8.00. The monoisotopic (exact) mass is 762 g/mol. The van der Waals surface area contributed by atoms with Gasteiger partial charge in [0, 0.05) is 70.4 Å². The van der Waals surface area contributed by atoms with Crippen molar-refractivity contribution in [2.24, 2.45) is 0 Å². The lowest BCUT2D eigenvalue weighted by molar-refractivity contribution is 0.485. The van der Waals surface area contributed by atoms with E-state index in [1.165, 1.54) is 53.1 Å². The van der Waals surface area contributed by atoms with E-state index in [4.69, 9.17) is 4.42 Å². The summed E-state index contributed by atoms with van der Waals surface area (Å²) in [4.78, 5) is 2.41. The van der Waals surface area contributed by atoms with Gasteiger partial charge in [-0.15, -0.1) is 11.3 Å². The summed E-state index contributed by atoms with van der Waals surface area (Å²) >= 11 is 1.93. The van der Waals surface area contributed by atoms with Gasteiger partial charge in [-0.3, -0.25) is 0 Å². The summed E-state index contributed by atoms with van der Waals surface area (Å²) < 4.78 is 11.8. The number of para-hydroxylation sites is 2. The molecule has 8 aromatic carbocycles. The molecule has 3 heterocycles. The van der Waals surface area contributed by atoms with Crippen LogP contribution in [0.1, 0.15) is 25.3 Å². The summed E-state index contributed by atoms with van der Waals surface area (Å²) in [5.74, 6) is 0. The molecule has 0 bridgehead atoms. The van der Waals surface area contributed by atoms with Crippen LogP contribution in [0.25, 0.3) is 86.2 Å². The van der Waals surface area contributed by atoms with Gasteiger partial charge in [0.25, 0.3) is 0 Å². The smallest absolute Gasteiger partial charge is 0.143 e. The number of hydrogen-bond donors (Lipinski definition) is 0. The fourth-order valence-electron chi connectivity index (χ4n) is 9.49. The molecule has 0 N–H and O–H groups in total. The molecular formula is C54H38N2OS. The van der Waals surface area contributed by atoms with Gasteiger partial charge in [-0.1, -0.05) is 133 Å². The highest BCUT2D eigenvalue weighted by molar-refractivity contribution is 7.26. The molecule has 0 aliphatic heterocycles. The number of fused-ring (bicyclic) bond motifs is 10. The van der Waals surface area contributed by atoms with Gasteiger partial charge >= 0.3 is 0 Å². The minimum absolute atomic E-state index is 0.394. The van der Waals surface area contributed by atoms with Gasteiger partial charge in [-0.2, -0.15) is 0 Å². The summed E-state index contributed by atoms with van der Waals surface area (Å²) in [5.41, 5.74) is 12.4. The Kier molecular flexibility index (Phi) is 7.67. The van der Waals surface area contributed by atoms with Crippen LogP contribution in [0.2, 0.25) is 0 Å². The molecule has 0 saturated carbocycles. The van der Waals surface area contributed by atoms with E-state index in [1.807, 2.05) is 17.4 Å². The van der Waals surface area contributed by atoms with Crippen LogP contribution in [0.4, 0.5) is 17.1 Å². The average molecular weight is 763 g/mol. The third-order valence-corrected chi connectivity index (χ3v) is 13.4. The SMILES string of the molecule is C1=CCC(n2c3cc(N(c4ccc(-c5ccccc5)cc4)c4ccc(-c5cccc6c5oc5ccccc56)cc4)ccc3c3c4sc5ccccc5c4ccc32)CC1. The second kappa shape index (κ2) is 13.4. The van der Waals surface area contributed by atoms with Crippen LogP contribution in [0.5, 0.6) is 0 Å². The van der Waals surface area contributed by atoms with E-state index in [1.54, 1.807) is 0 Å². The van der Waals surface area contributed by atoms with Crippen molar-refractivity contribution < 1.29 is 4.42 Å². The van der Waals surface area contributed by atoms with Gasteiger partial charge < -0.3 is 13.9 Å². The fourth-order valence-corrected chi connectivity index (χ4v) is 10.7. The van der Waals surface area contributed by atoms with Crippen molar-refractivity contribution >= 4 is 92.3 Å². The Morgan fingerprint density at radius 3 is 2.02 bits per heavy atom. The zero-order valence-electron chi connectivity index (χ0n) is 31.8. The summed E-state index contributed by atoms with van der Waals surface area (Å²) in [7, 11) is 0. The molecule has 1 aliphatic rings. The van der Waals surface area contributed by atoms with Crippen molar-refractivity contribution in [3.8, 4) is 22.3 Å². The van der Waals surface area contributed by atoms with E-state index in [9.17, 15) is 0 Å². The number of benzene rings is 8. The van der Waals surface area contributed by atoms with Crippen molar-refractivity contribution in [1.29, 1.82) is 0 Å². The van der Waals surface area contributed by atoms with Crippen LogP contribution >= 0.6 is 11.3 Å². The summed E-state index contributed by atoms with van der Waals surface area (Å²) in [6.45, 7) is 0. The summed E-state index contributed by atoms with van der Waals surface area (Å²) in [5, 5.41) is 7.66. The van der Waals surface area contributed by atoms with Crippen molar-refractivity contribution in [2.75, 3.05) is 4.90 Å². The van der Waals surface area contributed by atoms with Gasteiger partial charge in [0.05, 0.1) is 11.0 Å². The van der Waals surface area contributed by atoms with Gasteiger partial charge in [-0.05, 0) is 90.6 Å². The van der Waals surface area contributed by atoms with Crippen LogP contribution in [0, 0.1) is 0 Å². The Morgan fingerprint density at radius 1 is 0.517 bits per heavy atom. The normalized spacial score (nSPS) is 14.4. The lowest BCUT2D eigenvalue weighted by atomic mass is 10.0. The Hall–Kier alpha value is -6.88. The standard InChI is InChI=1S/C54H38N2OS/c1-3-12-35(13-4-1)36-22-26-39(27-23-36)55(40-28-24-37(25-29-40)42-18-11-19-45-43-16-7-9-20-50(43)57-53(42)45)41-30-31-47-49(34-41)56(38-14-5-2-6-15-38)48-33-32-46-44-17-8-10-21-51(44)58-54(46)52(47)48/h1-5,7-13,16-34,38H,6,14-15H2. The highest BCUT2D eigenvalue weighted by Crippen LogP contribution is 2.47. The van der Waals surface area contributed by atoms with E-state index in [-0.39, 0.29) is 0 Å². The Labute approximate surface area is 340 Å². The molecule has 0 fully saturated rings. The van der Waals surface area contributed by atoms with Crippen LogP contribution < -0.4 is 4.90 Å². The average Bonchev–Trinajstić information content (AvgIpc) is 3.97. The van der Waals surface area contributed by atoms with Crippen LogP contribution in [0.3, 0.4) is 0 Å². The van der Waals surface area contributed by atoms with Crippen molar-refractivity contribution in [1.82, 2.24) is 4.57 Å². The van der Waals surface area contributed by atoms with Crippen LogP contribution in [-0.2, 0) is 0 Å². The topological polar surface area (TPSA) is 21.3 Å². The minimum Gasteiger partial charge on any atom is -0.455 e. The molecule has 58 heavy (non-hydrogen) atoms. The number of thiophene rings is 1. The molecule has 0 amide bonds. The largest absolute Gasteiger partial charge is 0.455 e. The van der Waals surface area contributed by atoms with Gasteiger partial charge in [0.15, 0.2) is 0 Å². The molecule has 11 aromatic rings. The second-order valence-corrected chi connectivity index (χ2v) is 16.6. The van der Waals surface area contributed by atoms with Crippen LogP contribution in [-0.4, -0.2) is 4.57 Å². The van der Waals surface area contributed by atoms with Crippen LogP contribution in [0.15, 0.2) is 192 Å². The van der Waals surface area contributed by atoms with E-state index in [0.717, 1.165) is 69.4 Å². The number of rotatable bonds is 6. The molecule has 1 unspecified atom stereocenters. The second-order valence-electron chi connectivity index (χ2n) is 15.5. The number of furan rings is 1. The molecule has 276 valence electrons. The fraction of sp³-hybridized carbons (Fsp3) is 0.0741. The summed E-state index contributed by atoms with van der Waals surface area (Å²) in [6, 6.07) is 64.6. The van der Waals surface area contributed by atoms with Gasteiger partial charge in [0.1, 0.15) is 11.2 Å². The molecule has 3 nitrogen and oxygen atoms in total. The molecule has 1 atom stereocenters. The first kappa shape index (κ1) is 33.3. The highest BCUT2D eigenvalue weighted by atomic mass is 32.1. The predicted molar refractivity (Wildman–Crippen MR) is 247 cm³/mol. The Bertz CT molecular complexity index is 3370. The molecule has 12 rings (SSSR count).